The number of anilines is 2. The molecule has 9 nitrogen and oxygen atoms in total. The molecule has 0 spiro atoms. The molecule has 0 saturated carbocycles. The first kappa shape index (κ1) is 20.7. The molecular formula is C21H22FN5O4. The maximum absolute atomic E-state index is 14.6. The molecule has 3 aromatic rings. The molecule has 0 radical (unpaired) electrons. The zero-order valence-electron chi connectivity index (χ0n) is 17.0. The molecule has 1 aliphatic heterocycles. The molecule has 0 aliphatic carbocycles. The van der Waals surface area contributed by atoms with Crippen molar-refractivity contribution in [3.05, 3.63) is 62.7 Å². The number of hydrogen-bond acceptors (Lipinski definition) is 6. The molecule has 162 valence electrons. The summed E-state index contributed by atoms with van der Waals surface area (Å²) in [5, 5.41) is 2.76. The third-order valence-electron chi connectivity index (χ3n) is 5.10. The van der Waals surface area contributed by atoms with Gasteiger partial charge in [0.2, 0.25) is 0 Å². The van der Waals surface area contributed by atoms with Crippen molar-refractivity contribution in [2.75, 3.05) is 36.5 Å². The maximum atomic E-state index is 14.6. The van der Waals surface area contributed by atoms with Crippen molar-refractivity contribution in [3.8, 4) is 0 Å². The topological polar surface area (TPSA) is 109 Å². The Bertz CT molecular complexity index is 1250. The Morgan fingerprint density at radius 2 is 2.03 bits per heavy atom. The van der Waals surface area contributed by atoms with Crippen LogP contribution in [-0.2, 0) is 11.3 Å². The van der Waals surface area contributed by atoms with Crippen LogP contribution >= 0.6 is 0 Å². The van der Waals surface area contributed by atoms with E-state index in [2.05, 4.69) is 15.3 Å². The van der Waals surface area contributed by atoms with Gasteiger partial charge in [-0.2, -0.15) is 0 Å². The normalized spacial score (nSPS) is 14.1. The molecule has 0 unspecified atom stereocenters. The number of carbonyl (C=O) groups excluding carboxylic acids is 1. The van der Waals surface area contributed by atoms with Crippen molar-refractivity contribution < 1.29 is 13.9 Å². The number of fused-ring (bicyclic) bond motifs is 1. The molecule has 10 heteroatoms. The van der Waals surface area contributed by atoms with Crippen molar-refractivity contribution in [1.82, 2.24) is 14.5 Å². The molecule has 1 aliphatic rings. The fraction of sp³-hybridized carbons (Fsp3) is 0.333. The van der Waals surface area contributed by atoms with Crippen molar-refractivity contribution in [1.29, 1.82) is 0 Å². The van der Waals surface area contributed by atoms with Gasteiger partial charge in [-0.3, -0.25) is 19.1 Å². The lowest BCUT2D eigenvalue weighted by Gasteiger charge is -2.29. The number of rotatable bonds is 5. The Morgan fingerprint density at radius 1 is 1.26 bits per heavy atom. The van der Waals surface area contributed by atoms with Crippen molar-refractivity contribution >= 4 is 28.3 Å². The molecule has 1 aromatic carbocycles. The van der Waals surface area contributed by atoms with Gasteiger partial charge in [-0.15, -0.1) is 0 Å². The SMILES string of the molecule is CCCn1c(=O)[nH]c(=O)c2cc(C(=O)Nc3ccc(N4CCOCC4)c(F)c3)cnc21. The molecule has 2 N–H and O–H groups in total. The minimum Gasteiger partial charge on any atom is -0.378 e. The number of morpholine rings is 1. The minimum atomic E-state index is -0.615. The number of aromatic amines is 1. The van der Waals surface area contributed by atoms with E-state index in [1.807, 2.05) is 11.8 Å². The van der Waals surface area contributed by atoms with Crippen LogP contribution in [-0.4, -0.2) is 46.7 Å². The first-order valence-corrected chi connectivity index (χ1v) is 10.0. The van der Waals surface area contributed by atoms with Gasteiger partial charge in [0, 0.05) is 31.5 Å². The van der Waals surface area contributed by atoms with Crippen molar-refractivity contribution in [3.63, 3.8) is 0 Å². The van der Waals surface area contributed by atoms with Crippen LogP contribution in [0.2, 0.25) is 0 Å². The highest BCUT2D eigenvalue weighted by atomic mass is 19.1. The summed E-state index contributed by atoms with van der Waals surface area (Å²) in [5.74, 6) is -0.989. The molecule has 1 fully saturated rings. The second-order valence-corrected chi connectivity index (χ2v) is 7.23. The van der Waals surface area contributed by atoms with Gasteiger partial charge >= 0.3 is 5.69 Å². The Kier molecular flexibility index (Phi) is 5.81. The minimum absolute atomic E-state index is 0.123. The van der Waals surface area contributed by atoms with Crippen LogP contribution in [0, 0.1) is 5.82 Å². The third-order valence-corrected chi connectivity index (χ3v) is 5.10. The zero-order chi connectivity index (χ0) is 22.0. The summed E-state index contributed by atoms with van der Waals surface area (Å²) in [6, 6.07) is 5.86. The number of nitrogens with zero attached hydrogens (tertiary/aromatic N) is 3. The summed E-state index contributed by atoms with van der Waals surface area (Å²) in [6.45, 7) is 4.57. The lowest BCUT2D eigenvalue weighted by atomic mass is 10.2. The van der Waals surface area contributed by atoms with Crippen LogP contribution in [0.1, 0.15) is 23.7 Å². The van der Waals surface area contributed by atoms with Crippen LogP contribution in [0.5, 0.6) is 0 Å². The van der Waals surface area contributed by atoms with Crippen molar-refractivity contribution in [2.45, 2.75) is 19.9 Å². The summed E-state index contributed by atoms with van der Waals surface area (Å²) in [5.41, 5.74) is -0.0840. The fourth-order valence-electron chi connectivity index (χ4n) is 3.57. The monoisotopic (exact) mass is 427 g/mol. The summed E-state index contributed by atoms with van der Waals surface area (Å²) >= 11 is 0. The van der Waals surface area contributed by atoms with Gasteiger partial charge in [-0.1, -0.05) is 6.92 Å². The molecule has 4 rings (SSSR count). The number of aryl methyl sites for hydroxylation is 1. The largest absolute Gasteiger partial charge is 0.378 e. The molecule has 0 bridgehead atoms. The van der Waals surface area contributed by atoms with Crippen LogP contribution in [0.3, 0.4) is 0 Å². The Balaban J connectivity index is 1.59. The number of nitrogens with one attached hydrogen (secondary N) is 2. The fourth-order valence-corrected chi connectivity index (χ4v) is 3.57. The van der Waals surface area contributed by atoms with Gasteiger partial charge in [-0.05, 0) is 30.7 Å². The summed E-state index contributed by atoms with van der Waals surface area (Å²) in [7, 11) is 0. The number of aromatic nitrogens is 3. The smallest absolute Gasteiger partial charge is 0.329 e. The number of H-pyrrole nitrogens is 1. The average Bonchev–Trinajstić information content (AvgIpc) is 2.77. The van der Waals surface area contributed by atoms with E-state index in [1.54, 1.807) is 12.1 Å². The quantitative estimate of drug-likeness (QED) is 0.642. The lowest BCUT2D eigenvalue weighted by Crippen LogP contribution is -2.36. The molecule has 3 heterocycles. The number of carbonyl (C=O) groups is 1. The Hall–Kier alpha value is -3.53. The summed E-state index contributed by atoms with van der Waals surface area (Å²) in [4.78, 5) is 45.2. The molecule has 1 saturated heterocycles. The molecule has 31 heavy (non-hydrogen) atoms. The van der Waals surface area contributed by atoms with E-state index < -0.39 is 23.0 Å². The van der Waals surface area contributed by atoms with Gasteiger partial charge < -0.3 is 15.0 Å². The number of halogens is 1. The molecule has 1 amide bonds. The van der Waals surface area contributed by atoms with Gasteiger partial charge in [0.1, 0.15) is 11.5 Å². The highest BCUT2D eigenvalue weighted by molar-refractivity contribution is 6.05. The van der Waals surface area contributed by atoms with Crippen LogP contribution < -0.4 is 21.5 Å². The number of amides is 1. The number of ether oxygens (including phenoxy) is 1. The van der Waals surface area contributed by atoms with E-state index in [1.165, 1.54) is 22.9 Å². The second kappa shape index (κ2) is 8.68. The van der Waals surface area contributed by atoms with E-state index in [0.717, 1.165) is 0 Å². The average molecular weight is 427 g/mol. The van der Waals surface area contributed by atoms with E-state index in [-0.39, 0.29) is 22.3 Å². The number of benzene rings is 1. The summed E-state index contributed by atoms with van der Waals surface area (Å²) in [6.07, 6.45) is 1.97. The summed E-state index contributed by atoms with van der Waals surface area (Å²) < 4.78 is 21.2. The number of hydrogen-bond donors (Lipinski definition) is 2. The maximum Gasteiger partial charge on any atom is 0.329 e. The van der Waals surface area contributed by atoms with Crippen LogP contribution in [0.15, 0.2) is 40.1 Å². The van der Waals surface area contributed by atoms with Gasteiger partial charge in [0.25, 0.3) is 11.5 Å². The predicted octanol–water partition coefficient (Wildman–Crippen LogP) is 1.72. The Morgan fingerprint density at radius 3 is 2.74 bits per heavy atom. The van der Waals surface area contributed by atoms with E-state index in [0.29, 0.717) is 45.0 Å². The number of pyridine rings is 1. The third kappa shape index (κ3) is 4.19. The highest BCUT2D eigenvalue weighted by Gasteiger charge is 2.17. The molecular weight excluding hydrogens is 405 g/mol. The van der Waals surface area contributed by atoms with E-state index >= 15 is 0 Å². The van der Waals surface area contributed by atoms with E-state index in [9.17, 15) is 18.8 Å². The van der Waals surface area contributed by atoms with Gasteiger partial charge in [-0.25, -0.2) is 14.2 Å². The predicted molar refractivity (Wildman–Crippen MR) is 114 cm³/mol. The second-order valence-electron chi connectivity index (χ2n) is 7.23. The molecule has 0 atom stereocenters. The molecule has 2 aromatic heterocycles. The first-order chi connectivity index (χ1) is 15.0. The van der Waals surface area contributed by atoms with Gasteiger partial charge in [0.15, 0.2) is 0 Å². The zero-order valence-corrected chi connectivity index (χ0v) is 17.0. The highest BCUT2D eigenvalue weighted by Crippen LogP contribution is 2.24. The first-order valence-electron chi connectivity index (χ1n) is 10.0. The van der Waals surface area contributed by atoms with Crippen molar-refractivity contribution in [2.24, 2.45) is 0 Å². The standard InChI is InChI=1S/C21H22FN5O4/c1-2-5-27-18-15(20(29)25-21(27)30)10-13(12-23-18)19(28)24-14-3-4-17(16(22)11-14)26-6-8-31-9-7-26/h3-4,10-12H,2,5-9H2,1H3,(H,24,28)(H,25,29,30). The van der Waals surface area contributed by atoms with Crippen LogP contribution in [0.25, 0.3) is 11.0 Å². The Labute approximate surface area is 176 Å². The van der Waals surface area contributed by atoms with E-state index in [4.69, 9.17) is 4.74 Å². The van der Waals surface area contributed by atoms with Crippen LogP contribution in [0.4, 0.5) is 15.8 Å². The van der Waals surface area contributed by atoms with Gasteiger partial charge in [0.05, 0.1) is 29.9 Å². The lowest BCUT2D eigenvalue weighted by molar-refractivity contribution is 0.102.